The lowest BCUT2D eigenvalue weighted by Crippen LogP contribution is -2.44. The summed E-state index contributed by atoms with van der Waals surface area (Å²) < 4.78 is 0. The van der Waals surface area contributed by atoms with E-state index in [1.54, 1.807) is 0 Å². The van der Waals surface area contributed by atoms with Crippen molar-refractivity contribution < 1.29 is 14.7 Å². The lowest BCUT2D eigenvalue weighted by atomic mass is 10.0. The van der Waals surface area contributed by atoms with E-state index in [1.807, 2.05) is 0 Å². The number of nitrogens with zero attached hydrogens (tertiary/aromatic N) is 1. The zero-order chi connectivity index (χ0) is 12.1. The SMILES string of the molecule is C#CCN(CC(=O)O)C(=O)C1CCCC1N. The Bertz CT molecular complexity index is 322. The minimum Gasteiger partial charge on any atom is -0.480 e. The van der Waals surface area contributed by atoms with Crippen LogP contribution in [0.5, 0.6) is 0 Å². The van der Waals surface area contributed by atoms with Gasteiger partial charge in [0.25, 0.3) is 0 Å². The molecule has 2 atom stereocenters. The van der Waals surface area contributed by atoms with Crippen LogP contribution in [0.1, 0.15) is 19.3 Å². The number of carboxylic acids is 1. The van der Waals surface area contributed by atoms with E-state index < -0.39 is 5.97 Å². The molecule has 0 aromatic rings. The van der Waals surface area contributed by atoms with Crippen LogP contribution in [0.3, 0.4) is 0 Å². The highest BCUT2D eigenvalue weighted by Gasteiger charge is 2.33. The lowest BCUT2D eigenvalue weighted by molar-refractivity contribution is -0.145. The Morgan fingerprint density at radius 3 is 2.62 bits per heavy atom. The maximum Gasteiger partial charge on any atom is 0.323 e. The fourth-order valence-corrected chi connectivity index (χ4v) is 2.02. The number of rotatable bonds is 4. The minimum atomic E-state index is -1.06. The summed E-state index contributed by atoms with van der Waals surface area (Å²) in [4.78, 5) is 23.7. The molecule has 1 aliphatic carbocycles. The molecule has 0 bridgehead atoms. The van der Waals surface area contributed by atoms with E-state index in [1.165, 1.54) is 4.90 Å². The van der Waals surface area contributed by atoms with Crippen molar-refractivity contribution in [3.05, 3.63) is 0 Å². The van der Waals surface area contributed by atoms with Crippen LogP contribution < -0.4 is 5.73 Å². The average molecular weight is 224 g/mol. The van der Waals surface area contributed by atoms with Crippen molar-refractivity contribution in [2.24, 2.45) is 11.7 Å². The predicted octanol–water partition coefficient (Wildman–Crippen LogP) is -0.340. The molecule has 1 amide bonds. The Hall–Kier alpha value is -1.54. The molecule has 2 unspecified atom stereocenters. The molecule has 0 saturated heterocycles. The summed E-state index contributed by atoms with van der Waals surface area (Å²) in [5.74, 6) is 0.731. The summed E-state index contributed by atoms with van der Waals surface area (Å²) >= 11 is 0. The van der Waals surface area contributed by atoms with Gasteiger partial charge in [0.05, 0.1) is 12.5 Å². The van der Waals surface area contributed by atoms with Gasteiger partial charge in [0.15, 0.2) is 0 Å². The van der Waals surface area contributed by atoms with Gasteiger partial charge in [-0.1, -0.05) is 12.3 Å². The summed E-state index contributed by atoms with van der Waals surface area (Å²) in [7, 11) is 0. The molecule has 0 aliphatic heterocycles. The van der Waals surface area contributed by atoms with E-state index in [2.05, 4.69) is 5.92 Å². The van der Waals surface area contributed by atoms with Crippen LogP contribution >= 0.6 is 0 Å². The molecule has 1 saturated carbocycles. The first-order valence-electron chi connectivity index (χ1n) is 5.26. The quantitative estimate of drug-likeness (QED) is 0.640. The summed E-state index contributed by atoms with van der Waals surface area (Å²) in [5, 5.41) is 8.67. The van der Waals surface area contributed by atoms with Crippen molar-refractivity contribution in [1.82, 2.24) is 4.90 Å². The lowest BCUT2D eigenvalue weighted by Gasteiger charge is -2.23. The number of terminal acetylenes is 1. The van der Waals surface area contributed by atoms with Gasteiger partial charge < -0.3 is 15.7 Å². The number of carboxylic acid groups (broad SMARTS) is 1. The third-order valence-corrected chi connectivity index (χ3v) is 2.81. The average Bonchev–Trinajstić information content (AvgIpc) is 2.62. The maximum absolute atomic E-state index is 12.0. The van der Waals surface area contributed by atoms with Gasteiger partial charge in [-0.15, -0.1) is 6.42 Å². The Morgan fingerprint density at radius 2 is 2.19 bits per heavy atom. The van der Waals surface area contributed by atoms with Gasteiger partial charge in [-0.25, -0.2) is 0 Å². The second-order valence-electron chi connectivity index (χ2n) is 3.99. The maximum atomic E-state index is 12.0. The monoisotopic (exact) mass is 224 g/mol. The molecule has 0 heterocycles. The Balaban J connectivity index is 2.66. The van der Waals surface area contributed by atoms with E-state index in [-0.39, 0.29) is 31.0 Å². The fourth-order valence-electron chi connectivity index (χ4n) is 2.02. The molecule has 88 valence electrons. The molecule has 1 rings (SSSR count). The van der Waals surface area contributed by atoms with Crippen LogP contribution in [0.4, 0.5) is 0 Å². The summed E-state index contributed by atoms with van der Waals surface area (Å²) in [5.41, 5.74) is 5.80. The molecule has 3 N–H and O–H groups in total. The number of carbonyl (C=O) groups excluding carboxylic acids is 1. The standard InChI is InChI=1S/C11H16N2O3/c1-2-6-13(7-10(14)15)11(16)8-4-3-5-9(8)12/h1,8-9H,3-7,12H2,(H,14,15). The van der Waals surface area contributed by atoms with Crippen molar-refractivity contribution in [3.63, 3.8) is 0 Å². The van der Waals surface area contributed by atoms with Crippen molar-refractivity contribution in [3.8, 4) is 12.3 Å². The van der Waals surface area contributed by atoms with Gasteiger partial charge >= 0.3 is 5.97 Å². The molecule has 1 aliphatic rings. The van der Waals surface area contributed by atoms with Crippen LogP contribution in [0, 0.1) is 18.3 Å². The highest BCUT2D eigenvalue weighted by Crippen LogP contribution is 2.25. The number of carbonyl (C=O) groups is 2. The topological polar surface area (TPSA) is 83.6 Å². The summed E-state index contributed by atoms with van der Waals surface area (Å²) in [6.45, 7) is -0.333. The molecule has 0 aromatic carbocycles. The number of hydrogen-bond acceptors (Lipinski definition) is 3. The molecule has 0 aromatic heterocycles. The van der Waals surface area contributed by atoms with Crippen LogP contribution in [0.25, 0.3) is 0 Å². The van der Waals surface area contributed by atoms with E-state index in [9.17, 15) is 9.59 Å². The summed E-state index contributed by atoms with van der Waals surface area (Å²) in [6.07, 6.45) is 7.56. The second-order valence-corrected chi connectivity index (χ2v) is 3.99. The molecular weight excluding hydrogens is 208 g/mol. The number of aliphatic carboxylic acids is 1. The van der Waals surface area contributed by atoms with Gasteiger partial charge in [0, 0.05) is 6.04 Å². The fraction of sp³-hybridized carbons (Fsp3) is 0.636. The van der Waals surface area contributed by atoms with Crippen LogP contribution in [0.2, 0.25) is 0 Å². The van der Waals surface area contributed by atoms with Gasteiger partial charge in [-0.2, -0.15) is 0 Å². The first-order valence-corrected chi connectivity index (χ1v) is 5.26. The molecular formula is C11H16N2O3. The molecule has 0 spiro atoms. The van der Waals surface area contributed by atoms with E-state index >= 15 is 0 Å². The zero-order valence-corrected chi connectivity index (χ0v) is 9.06. The first kappa shape index (κ1) is 12.5. The highest BCUT2D eigenvalue weighted by molar-refractivity contribution is 5.84. The highest BCUT2D eigenvalue weighted by atomic mass is 16.4. The van der Waals surface area contributed by atoms with E-state index in [0.717, 1.165) is 19.3 Å². The van der Waals surface area contributed by atoms with Crippen molar-refractivity contribution in [2.45, 2.75) is 25.3 Å². The molecule has 5 nitrogen and oxygen atoms in total. The molecule has 16 heavy (non-hydrogen) atoms. The predicted molar refractivity (Wildman–Crippen MR) is 58.4 cm³/mol. The van der Waals surface area contributed by atoms with Crippen molar-refractivity contribution in [2.75, 3.05) is 13.1 Å². The van der Waals surface area contributed by atoms with Gasteiger partial charge in [-0.3, -0.25) is 9.59 Å². The number of amides is 1. The zero-order valence-electron chi connectivity index (χ0n) is 9.06. The second kappa shape index (κ2) is 5.52. The Kier molecular flexibility index (Phi) is 4.32. The van der Waals surface area contributed by atoms with Crippen LogP contribution in [0.15, 0.2) is 0 Å². The number of hydrogen-bond donors (Lipinski definition) is 2. The smallest absolute Gasteiger partial charge is 0.323 e. The molecule has 0 radical (unpaired) electrons. The van der Waals surface area contributed by atoms with E-state index in [0.29, 0.717) is 0 Å². The Labute approximate surface area is 94.6 Å². The minimum absolute atomic E-state index is 0.0222. The van der Waals surface area contributed by atoms with E-state index in [4.69, 9.17) is 17.3 Å². The van der Waals surface area contributed by atoms with Crippen LogP contribution in [-0.2, 0) is 9.59 Å². The Morgan fingerprint density at radius 1 is 1.50 bits per heavy atom. The molecule has 1 fully saturated rings. The summed E-state index contributed by atoms with van der Waals surface area (Å²) in [6, 6.07) is -0.165. The van der Waals surface area contributed by atoms with Gasteiger partial charge in [0.2, 0.25) is 5.91 Å². The normalized spacial score (nSPS) is 23.8. The first-order chi connectivity index (χ1) is 7.56. The van der Waals surface area contributed by atoms with Gasteiger partial charge in [-0.05, 0) is 12.8 Å². The van der Waals surface area contributed by atoms with Crippen molar-refractivity contribution in [1.29, 1.82) is 0 Å². The molecule has 5 heteroatoms. The third-order valence-electron chi connectivity index (χ3n) is 2.81. The van der Waals surface area contributed by atoms with Gasteiger partial charge in [0.1, 0.15) is 6.54 Å². The van der Waals surface area contributed by atoms with Crippen molar-refractivity contribution >= 4 is 11.9 Å². The van der Waals surface area contributed by atoms with Crippen LogP contribution in [-0.4, -0.2) is 41.0 Å². The number of nitrogens with two attached hydrogens (primary N) is 1. The third kappa shape index (κ3) is 2.97. The largest absolute Gasteiger partial charge is 0.480 e.